The minimum atomic E-state index is -0.263. The number of hydrogen-bond donors (Lipinski definition) is 1. The van der Waals surface area contributed by atoms with Gasteiger partial charge < -0.3 is 5.73 Å². The molecule has 0 aliphatic rings. The molecule has 0 aliphatic carbocycles. The molecule has 0 saturated heterocycles. The maximum Gasteiger partial charge on any atom is 0.123 e. The third-order valence-corrected chi connectivity index (χ3v) is 2.92. The minimum absolute atomic E-state index is 0.263. The van der Waals surface area contributed by atoms with E-state index in [1.807, 2.05) is 0 Å². The van der Waals surface area contributed by atoms with Gasteiger partial charge in [-0.05, 0) is 40.2 Å². The molecule has 0 atom stereocenters. The number of rotatable bonds is 2. The van der Waals surface area contributed by atoms with Crippen molar-refractivity contribution in [3.05, 3.63) is 46.4 Å². The zero-order valence-electron chi connectivity index (χ0n) is 7.82. The summed E-state index contributed by atoms with van der Waals surface area (Å²) in [5.41, 5.74) is 7.23. The Hall–Kier alpha value is -1.20. The number of benzene rings is 1. The average molecular weight is 270 g/mol. The van der Waals surface area contributed by atoms with E-state index in [-0.39, 0.29) is 5.82 Å². The van der Waals surface area contributed by atoms with Crippen molar-refractivity contribution in [3.63, 3.8) is 0 Å². The Morgan fingerprint density at radius 2 is 2.00 bits per heavy atom. The van der Waals surface area contributed by atoms with Crippen molar-refractivity contribution in [3.8, 4) is 5.69 Å². The second-order valence-electron chi connectivity index (χ2n) is 3.05. The highest BCUT2D eigenvalue weighted by molar-refractivity contribution is 9.10. The van der Waals surface area contributed by atoms with Crippen LogP contribution in [-0.2, 0) is 6.54 Å². The highest BCUT2D eigenvalue weighted by Gasteiger charge is 2.07. The van der Waals surface area contributed by atoms with Gasteiger partial charge in [0.25, 0.3) is 0 Å². The van der Waals surface area contributed by atoms with Gasteiger partial charge in [-0.15, -0.1) is 0 Å². The van der Waals surface area contributed by atoms with Crippen molar-refractivity contribution in [1.29, 1.82) is 0 Å². The van der Waals surface area contributed by atoms with E-state index in [9.17, 15) is 4.39 Å². The average Bonchev–Trinajstić information content (AvgIpc) is 2.61. The van der Waals surface area contributed by atoms with Gasteiger partial charge in [-0.3, -0.25) is 0 Å². The molecule has 2 N–H and O–H groups in total. The lowest BCUT2D eigenvalue weighted by Crippen LogP contribution is -1.99. The van der Waals surface area contributed by atoms with Gasteiger partial charge in [0.2, 0.25) is 0 Å². The Bertz CT molecular complexity index is 464. The normalized spacial score (nSPS) is 10.6. The van der Waals surface area contributed by atoms with Crippen molar-refractivity contribution in [1.82, 2.24) is 9.78 Å². The summed E-state index contributed by atoms with van der Waals surface area (Å²) in [5.74, 6) is -0.263. The van der Waals surface area contributed by atoms with Crippen LogP contribution in [0.25, 0.3) is 5.69 Å². The van der Waals surface area contributed by atoms with Gasteiger partial charge in [-0.1, -0.05) is 0 Å². The summed E-state index contributed by atoms with van der Waals surface area (Å²) in [5, 5.41) is 4.15. The lowest BCUT2D eigenvalue weighted by Gasteiger charge is -2.03. The fourth-order valence-corrected chi connectivity index (χ4v) is 1.83. The van der Waals surface area contributed by atoms with Crippen LogP contribution in [-0.4, -0.2) is 9.78 Å². The molecule has 1 aromatic heterocycles. The van der Waals surface area contributed by atoms with Gasteiger partial charge >= 0.3 is 0 Å². The molecule has 2 aromatic rings. The van der Waals surface area contributed by atoms with Crippen LogP contribution in [0.15, 0.2) is 35.1 Å². The lowest BCUT2D eigenvalue weighted by atomic mass is 10.3. The van der Waals surface area contributed by atoms with Crippen LogP contribution in [0.5, 0.6) is 0 Å². The zero-order chi connectivity index (χ0) is 10.8. The largest absolute Gasteiger partial charge is 0.326 e. The number of nitrogens with zero attached hydrogens (tertiary/aromatic N) is 2. The summed E-state index contributed by atoms with van der Waals surface area (Å²) in [4.78, 5) is 0. The van der Waals surface area contributed by atoms with E-state index in [2.05, 4.69) is 21.0 Å². The molecule has 0 saturated carbocycles. The monoisotopic (exact) mass is 269 g/mol. The van der Waals surface area contributed by atoms with Crippen LogP contribution in [0, 0.1) is 5.82 Å². The molecule has 0 fully saturated rings. The van der Waals surface area contributed by atoms with Crippen LogP contribution in [0.3, 0.4) is 0 Å². The van der Waals surface area contributed by atoms with Gasteiger partial charge in [0.1, 0.15) is 10.4 Å². The quantitative estimate of drug-likeness (QED) is 0.909. The molecule has 0 aliphatic heterocycles. The van der Waals surface area contributed by atoms with E-state index in [0.29, 0.717) is 6.54 Å². The van der Waals surface area contributed by atoms with Crippen LogP contribution in [0.1, 0.15) is 5.56 Å². The number of hydrogen-bond acceptors (Lipinski definition) is 2. The molecule has 15 heavy (non-hydrogen) atoms. The molecule has 0 spiro atoms. The molecule has 1 aromatic carbocycles. The summed E-state index contributed by atoms with van der Waals surface area (Å²) in [7, 11) is 0. The van der Waals surface area contributed by atoms with Crippen molar-refractivity contribution < 1.29 is 4.39 Å². The van der Waals surface area contributed by atoms with Crippen LogP contribution >= 0.6 is 15.9 Å². The fourth-order valence-electron chi connectivity index (χ4n) is 1.27. The Kier molecular flexibility index (Phi) is 2.83. The second-order valence-corrected chi connectivity index (χ2v) is 3.80. The minimum Gasteiger partial charge on any atom is -0.326 e. The maximum absolute atomic E-state index is 12.7. The number of aromatic nitrogens is 2. The third kappa shape index (κ3) is 1.93. The maximum atomic E-state index is 12.7. The molecule has 2 rings (SSSR count). The molecule has 0 unspecified atom stereocenters. The smallest absolute Gasteiger partial charge is 0.123 e. The first kappa shape index (κ1) is 10.3. The van der Waals surface area contributed by atoms with Crippen molar-refractivity contribution >= 4 is 15.9 Å². The number of halogens is 2. The first-order valence-electron chi connectivity index (χ1n) is 4.41. The van der Waals surface area contributed by atoms with Gasteiger partial charge in [0, 0.05) is 12.1 Å². The van der Waals surface area contributed by atoms with Crippen molar-refractivity contribution in [2.45, 2.75) is 6.54 Å². The Morgan fingerprint density at radius 3 is 2.53 bits per heavy atom. The van der Waals surface area contributed by atoms with E-state index in [1.54, 1.807) is 23.0 Å². The molecule has 1 heterocycles. The first-order valence-corrected chi connectivity index (χ1v) is 5.20. The predicted octanol–water partition coefficient (Wildman–Crippen LogP) is 2.23. The standard InChI is InChI=1S/C10H9BrFN3/c11-10-7(5-13)6-14-15(10)9-3-1-8(12)2-4-9/h1-4,6H,5,13H2. The van der Waals surface area contributed by atoms with Crippen molar-refractivity contribution in [2.24, 2.45) is 5.73 Å². The Morgan fingerprint density at radius 1 is 1.33 bits per heavy atom. The van der Waals surface area contributed by atoms with Gasteiger partial charge in [-0.2, -0.15) is 5.10 Å². The lowest BCUT2D eigenvalue weighted by molar-refractivity contribution is 0.627. The molecule has 3 nitrogen and oxygen atoms in total. The van der Waals surface area contributed by atoms with Gasteiger partial charge in [-0.25, -0.2) is 9.07 Å². The Labute approximate surface area is 94.8 Å². The summed E-state index contributed by atoms with van der Waals surface area (Å²) in [6.07, 6.45) is 1.69. The van der Waals surface area contributed by atoms with Gasteiger partial charge in [0.05, 0.1) is 11.9 Å². The third-order valence-electron chi connectivity index (χ3n) is 2.07. The summed E-state index contributed by atoms with van der Waals surface area (Å²) < 4.78 is 15.2. The van der Waals surface area contributed by atoms with E-state index < -0.39 is 0 Å². The van der Waals surface area contributed by atoms with E-state index in [4.69, 9.17) is 5.73 Å². The highest BCUT2D eigenvalue weighted by Crippen LogP contribution is 2.20. The summed E-state index contributed by atoms with van der Waals surface area (Å²) >= 11 is 3.39. The van der Waals surface area contributed by atoms with E-state index in [0.717, 1.165) is 15.9 Å². The second kappa shape index (κ2) is 4.12. The van der Waals surface area contributed by atoms with Crippen LogP contribution < -0.4 is 5.73 Å². The molecular weight excluding hydrogens is 261 g/mol. The first-order chi connectivity index (χ1) is 7.22. The predicted molar refractivity (Wildman–Crippen MR) is 59.1 cm³/mol. The van der Waals surface area contributed by atoms with Crippen LogP contribution in [0.4, 0.5) is 4.39 Å². The fraction of sp³-hybridized carbons (Fsp3) is 0.100. The topological polar surface area (TPSA) is 43.8 Å². The van der Waals surface area contributed by atoms with Gasteiger partial charge in [0.15, 0.2) is 0 Å². The summed E-state index contributed by atoms with van der Waals surface area (Å²) in [6, 6.07) is 6.11. The summed E-state index contributed by atoms with van der Waals surface area (Å²) in [6.45, 7) is 0.418. The molecule has 5 heteroatoms. The molecular formula is C10H9BrFN3. The molecule has 0 radical (unpaired) electrons. The molecule has 78 valence electrons. The van der Waals surface area contributed by atoms with Crippen molar-refractivity contribution in [2.75, 3.05) is 0 Å². The highest BCUT2D eigenvalue weighted by atomic mass is 79.9. The zero-order valence-corrected chi connectivity index (χ0v) is 9.41. The molecule has 0 bridgehead atoms. The van der Waals surface area contributed by atoms with E-state index >= 15 is 0 Å². The molecule has 0 amide bonds. The number of nitrogens with two attached hydrogens (primary N) is 1. The van der Waals surface area contributed by atoms with E-state index in [1.165, 1.54) is 12.1 Å². The Balaban J connectivity index is 2.45. The SMILES string of the molecule is NCc1cnn(-c2ccc(F)cc2)c1Br. The van der Waals surface area contributed by atoms with Crippen LogP contribution in [0.2, 0.25) is 0 Å².